The van der Waals surface area contributed by atoms with Crippen molar-refractivity contribution >= 4 is 35.2 Å². The van der Waals surface area contributed by atoms with Gasteiger partial charge in [-0.1, -0.05) is 27.5 Å². The monoisotopic (exact) mass is 224 g/mol. The minimum Gasteiger partial charge on any atom is -0.465 e. The minimum absolute atomic E-state index is 0.380. The molecule has 1 aromatic carbocycles. The van der Waals surface area contributed by atoms with E-state index >= 15 is 0 Å². The second kappa shape index (κ2) is 3.76. The van der Waals surface area contributed by atoms with Gasteiger partial charge < -0.3 is 4.74 Å². The molecule has 0 aromatic heterocycles. The molecule has 12 heavy (non-hydrogen) atoms. The van der Waals surface area contributed by atoms with Crippen molar-refractivity contribution in [3.63, 3.8) is 0 Å². The van der Waals surface area contributed by atoms with E-state index in [0.717, 1.165) is 4.47 Å². The molecule has 0 N–H and O–H groups in total. The molecule has 0 aliphatic carbocycles. The number of methoxy groups -OCH3 is 1. The van der Waals surface area contributed by atoms with Gasteiger partial charge in [0.15, 0.2) is 0 Å². The molecular formula is C8H6BBrO2. The molecule has 0 bridgehead atoms. The maximum absolute atomic E-state index is 11.0. The molecule has 60 valence electrons. The molecule has 1 rings (SSSR count). The maximum Gasteiger partial charge on any atom is 0.337 e. The summed E-state index contributed by atoms with van der Waals surface area (Å²) in [6.45, 7) is 0. The molecule has 0 fully saturated rings. The summed E-state index contributed by atoms with van der Waals surface area (Å²) in [5.41, 5.74) is 0.983. The zero-order valence-electron chi connectivity index (χ0n) is 6.50. The molecule has 0 saturated heterocycles. The smallest absolute Gasteiger partial charge is 0.337 e. The molecule has 0 unspecified atom stereocenters. The van der Waals surface area contributed by atoms with E-state index < -0.39 is 0 Å². The van der Waals surface area contributed by atoms with Gasteiger partial charge >= 0.3 is 5.97 Å². The van der Waals surface area contributed by atoms with Gasteiger partial charge in [-0.2, -0.15) is 0 Å². The van der Waals surface area contributed by atoms with Crippen molar-refractivity contribution in [3.8, 4) is 0 Å². The van der Waals surface area contributed by atoms with E-state index in [1.165, 1.54) is 7.11 Å². The fourth-order valence-corrected chi connectivity index (χ4v) is 1.04. The van der Waals surface area contributed by atoms with Crippen molar-refractivity contribution in [2.75, 3.05) is 7.11 Å². The van der Waals surface area contributed by atoms with Crippen LogP contribution in [0.5, 0.6) is 0 Å². The average molecular weight is 225 g/mol. The molecule has 0 amide bonds. The van der Waals surface area contributed by atoms with Crippen molar-refractivity contribution in [2.45, 2.75) is 0 Å². The van der Waals surface area contributed by atoms with Gasteiger partial charge in [-0.3, -0.25) is 0 Å². The number of esters is 1. The van der Waals surface area contributed by atoms with Crippen molar-refractivity contribution < 1.29 is 9.53 Å². The van der Waals surface area contributed by atoms with Crippen molar-refractivity contribution in [1.82, 2.24) is 0 Å². The predicted octanol–water partition coefficient (Wildman–Crippen LogP) is 1.03. The Morgan fingerprint density at radius 1 is 1.58 bits per heavy atom. The average Bonchev–Trinajstić information content (AvgIpc) is 2.08. The number of rotatable bonds is 1. The largest absolute Gasteiger partial charge is 0.465 e. The molecule has 0 atom stereocenters. The van der Waals surface area contributed by atoms with Gasteiger partial charge in [0.25, 0.3) is 0 Å². The van der Waals surface area contributed by atoms with E-state index in [-0.39, 0.29) is 5.97 Å². The first kappa shape index (κ1) is 9.32. The highest BCUT2D eigenvalue weighted by Crippen LogP contribution is 2.07. The summed E-state index contributed by atoms with van der Waals surface area (Å²) < 4.78 is 5.29. The summed E-state index contributed by atoms with van der Waals surface area (Å²) in [6, 6.07) is 4.92. The molecule has 0 aliphatic heterocycles. The van der Waals surface area contributed by atoms with Crippen LogP contribution >= 0.6 is 15.9 Å². The third kappa shape index (κ3) is 1.88. The number of carbonyl (C=O) groups is 1. The Bertz CT molecular complexity index is 312. The summed E-state index contributed by atoms with van der Waals surface area (Å²) in [6.07, 6.45) is 0. The highest BCUT2D eigenvalue weighted by atomic mass is 79.9. The van der Waals surface area contributed by atoms with E-state index in [4.69, 9.17) is 7.85 Å². The molecular weight excluding hydrogens is 219 g/mol. The van der Waals surface area contributed by atoms with Crippen LogP contribution in [0, 0.1) is 0 Å². The molecule has 2 nitrogen and oxygen atoms in total. The third-order valence-electron chi connectivity index (χ3n) is 1.42. The third-order valence-corrected chi connectivity index (χ3v) is 2.14. The highest BCUT2D eigenvalue weighted by Gasteiger charge is 2.05. The van der Waals surface area contributed by atoms with E-state index in [0.29, 0.717) is 11.0 Å². The van der Waals surface area contributed by atoms with Crippen LogP contribution in [0.25, 0.3) is 0 Å². The van der Waals surface area contributed by atoms with Gasteiger partial charge in [-0.25, -0.2) is 4.79 Å². The predicted molar refractivity (Wildman–Crippen MR) is 50.9 cm³/mol. The van der Waals surface area contributed by atoms with Crippen molar-refractivity contribution in [1.29, 1.82) is 0 Å². The number of hydrogen-bond acceptors (Lipinski definition) is 2. The molecule has 2 radical (unpaired) electrons. The van der Waals surface area contributed by atoms with E-state index in [1.807, 2.05) is 0 Å². The Hall–Kier alpha value is -0.765. The second-order valence-corrected chi connectivity index (χ2v) is 3.08. The van der Waals surface area contributed by atoms with Crippen LogP contribution in [-0.2, 0) is 4.74 Å². The SMILES string of the molecule is [B]c1cc(C(=O)OC)ccc1Br. The number of benzene rings is 1. The topological polar surface area (TPSA) is 26.3 Å². The minimum atomic E-state index is -0.380. The lowest BCUT2D eigenvalue weighted by Gasteiger charge is -2.01. The molecule has 1 aromatic rings. The Labute approximate surface area is 80.5 Å². The van der Waals surface area contributed by atoms with Gasteiger partial charge in [0, 0.05) is 4.47 Å². The first-order valence-corrected chi connectivity index (χ1v) is 4.08. The lowest BCUT2D eigenvalue weighted by molar-refractivity contribution is 0.0601. The summed E-state index contributed by atoms with van der Waals surface area (Å²) in [5.74, 6) is -0.380. The summed E-state index contributed by atoms with van der Waals surface area (Å²) >= 11 is 3.22. The Morgan fingerprint density at radius 2 is 2.25 bits per heavy atom. The highest BCUT2D eigenvalue weighted by molar-refractivity contribution is 9.10. The lowest BCUT2D eigenvalue weighted by Crippen LogP contribution is -2.09. The van der Waals surface area contributed by atoms with Crippen LogP contribution in [0.15, 0.2) is 22.7 Å². The van der Waals surface area contributed by atoms with Gasteiger partial charge in [-0.15, -0.1) is 0 Å². The van der Waals surface area contributed by atoms with Gasteiger partial charge in [0.1, 0.15) is 7.85 Å². The van der Waals surface area contributed by atoms with E-state index in [2.05, 4.69) is 20.7 Å². The molecule has 0 spiro atoms. The standard InChI is InChI=1S/C8H6BBrO2/c1-12-8(11)5-2-3-7(10)6(9)4-5/h2-4H,1H3. The lowest BCUT2D eigenvalue weighted by atomic mass is 9.94. The zero-order chi connectivity index (χ0) is 9.14. The number of ether oxygens (including phenoxy) is 1. The molecule has 0 aliphatic rings. The normalized spacial score (nSPS) is 9.50. The van der Waals surface area contributed by atoms with Crippen molar-refractivity contribution in [3.05, 3.63) is 28.2 Å². The van der Waals surface area contributed by atoms with Crippen LogP contribution in [0.2, 0.25) is 0 Å². The number of hydrogen-bond donors (Lipinski definition) is 0. The summed E-state index contributed by atoms with van der Waals surface area (Å²) in [5, 5.41) is 0. The van der Waals surface area contributed by atoms with Crippen LogP contribution in [0.4, 0.5) is 0 Å². The van der Waals surface area contributed by atoms with Gasteiger partial charge in [-0.05, 0) is 12.1 Å². The Kier molecular flexibility index (Phi) is 2.92. The summed E-state index contributed by atoms with van der Waals surface area (Å²) in [7, 11) is 6.89. The Balaban J connectivity index is 3.05. The van der Waals surface area contributed by atoms with Gasteiger partial charge in [0.2, 0.25) is 0 Å². The van der Waals surface area contributed by atoms with Crippen LogP contribution in [0.1, 0.15) is 10.4 Å². The zero-order valence-corrected chi connectivity index (χ0v) is 8.09. The first-order valence-electron chi connectivity index (χ1n) is 3.28. The maximum atomic E-state index is 11.0. The summed E-state index contributed by atoms with van der Waals surface area (Å²) in [4.78, 5) is 11.0. The fraction of sp³-hybridized carbons (Fsp3) is 0.125. The van der Waals surface area contributed by atoms with Crippen LogP contribution in [0.3, 0.4) is 0 Å². The first-order chi connectivity index (χ1) is 5.65. The quantitative estimate of drug-likeness (QED) is 0.526. The molecule has 4 heteroatoms. The molecule has 0 heterocycles. The molecule has 0 saturated carbocycles. The Morgan fingerprint density at radius 3 is 2.75 bits per heavy atom. The van der Waals surface area contributed by atoms with Crippen LogP contribution in [-0.4, -0.2) is 20.9 Å². The second-order valence-electron chi connectivity index (χ2n) is 2.23. The van der Waals surface area contributed by atoms with E-state index in [1.54, 1.807) is 18.2 Å². The van der Waals surface area contributed by atoms with Gasteiger partial charge in [0.05, 0.1) is 12.7 Å². The van der Waals surface area contributed by atoms with Crippen molar-refractivity contribution in [2.24, 2.45) is 0 Å². The van der Waals surface area contributed by atoms with Crippen LogP contribution < -0.4 is 5.46 Å². The number of halogens is 1. The van der Waals surface area contributed by atoms with E-state index in [9.17, 15) is 4.79 Å². The fourth-order valence-electron chi connectivity index (χ4n) is 0.789. The number of carbonyl (C=O) groups excluding carboxylic acids is 1.